The maximum Gasteiger partial charge on any atom is 0.0604 e. The highest BCUT2D eigenvalue weighted by molar-refractivity contribution is 5.85. The number of hydrogen-bond acceptors (Lipinski definition) is 3. The zero-order chi connectivity index (χ0) is 9.52. The first kappa shape index (κ1) is 13.1. The van der Waals surface area contributed by atoms with Crippen molar-refractivity contribution >= 4 is 23.8 Å². The number of halogens is 1. The molecular formula is C10H17ClN2O. The molecule has 1 aromatic carbocycles. The van der Waals surface area contributed by atoms with Crippen molar-refractivity contribution in [3.05, 3.63) is 24.3 Å². The molecule has 0 amide bonds. The van der Waals surface area contributed by atoms with E-state index >= 15 is 0 Å². The predicted octanol–water partition coefficient (Wildman–Crippen LogP) is 1.94. The minimum atomic E-state index is 0. The lowest BCUT2D eigenvalue weighted by Crippen LogP contribution is -2.05. The summed E-state index contributed by atoms with van der Waals surface area (Å²) in [5.74, 6) is 0. The third-order valence-corrected chi connectivity index (χ3v) is 1.71. The summed E-state index contributed by atoms with van der Waals surface area (Å²) < 4.78 is 0. The number of nitrogens with one attached hydrogen (secondary N) is 2. The van der Waals surface area contributed by atoms with Gasteiger partial charge in [0.05, 0.1) is 6.61 Å². The lowest BCUT2D eigenvalue weighted by molar-refractivity contribution is 0.311. The van der Waals surface area contributed by atoms with Gasteiger partial charge in [-0.15, -0.1) is 12.4 Å². The molecule has 0 spiro atoms. The summed E-state index contributed by atoms with van der Waals surface area (Å²) in [5.41, 5.74) is 2.16. The number of aliphatic hydroxyl groups is 1. The fourth-order valence-electron chi connectivity index (χ4n) is 1.11. The second-order valence-electron chi connectivity index (χ2n) is 2.76. The first-order valence-electron chi connectivity index (χ1n) is 4.55. The fourth-order valence-corrected chi connectivity index (χ4v) is 1.11. The van der Waals surface area contributed by atoms with Gasteiger partial charge in [0.15, 0.2) is 0 Å². The largest absolute Gasteiger partial charge is 0.395 e. The Balaban J connectivity index is 0.00000169. The van der Waals surface area contributed by atoms with E-state index in [0.717, 1.165) is 17.9 Å². The number of aliphatic hydroxyl groups excluding tert-OH is 1. The summed E-state index contributed by atoms with van der Waals surface area (Å²) in [6.07, 6.45) is 0. The lowest BCUT2D eigenvalue weighted by Gasteiger charge is -2.06. The van der Waals surface area contributed by atoms with Crippen LogP contribution in [0.4, 0.5) is 11.4 Å². The van der Waals surface area contributed by atoms with Gasteiger partial charge in [-0.25, -0.2) is 0 Å². The number of rotatable bonds is 5. The van der Waals surface area contributed by atoms with Gasteiger partial charge in [-0.3, -0.25) is 0 Å². The van der Waals surface area contributed by atoms with Crippen molar-refractivity contribution in [3.8, 4) is 0 Å². The molecule has 1 rings (SSSR count). The van der Waals surface area contributed by atoms with Crippen molar-refractivity contribution in [2.75, 3.05) is 30.3 Å². The average molecular weight is 217 g/mol. The van der Waals surface area contributed by atoms with E-state index in [1.54, 1.807) is 0 Å². The molecule has 0 aliphatic heterocycles. The Morgan fingerprint density at radius 1 is 1.07 bits per heavy atom. The van der Waals surface area contributed by atoms with E-state index in [2.05, 4.69) is 17.6 Å². The Morgan fingerprint density at radius 2 is 1.57 bits per heavy atom. The Morgan fingerprint density at radius 3 is 2.00 bits per heavy atom. The van der Waals surface area contributed by atoms with E-state index in [1.165, 1.54) is 0 Å². The van der Waals surface area contributed by atoms with Crippen molar-refractivity contribution in [2.24, 2.45) is 0 Å². The zero-order valence-electron chi connectivity index (χ0n) is 8.29. The van der Waals surface area contributed by atoms with Crippen molar-refractivity contribution < 1.29 is 5.11 Å². The van der Waals surface area contributed by atoms with Gasteiger partial charge in [0, 0.05) is 24.5 Å². The van der Waals surface area contributed by atoms with Gasteiger partial charge in [0.1, 0.15) is 0 Å². The molecule has 0 aliphatic carbocycles. The first-order valence-corrected chi connectivity index (χ1v) is 4.55. The van der Waals surface area contributed by atoms with E-state index in [1.807, 2.05) is 24.3 Å². The maximum atomic E-state index is 8.59. The summed E-state index contributed by atoms with van der Waals surface area (Å²) in [5, 5.41) is 14.9. The first-order chi connectivity index (χ1) is 6.36. The van der Waals surface area contributed by atoms with Crippen LogP contribution < -0.4 is 10.6 Å². The molecule has 14 heavy (non-hydrogen) atoms. The summed E-state index contributed by atoms with van der Waals surface area (Å²) in [4.78, 5) is 0. The van der Waals surface area contributed by atoms with Crippen molar-refractivity contribution in [3.63, 3.8) is 0 Å². The van der Waals surface area contributed by atoms with Gasteiger partial charge in [-0.1, -0.05) is 0 Å². The average Bonchev–Trinajstić information content (AvgIpc) is 2.17. The van der Waals surface area contributed by atoms with Gasteiger partial charge >= 0.3 is 0 Å². The molecule has 0 aromatic heterocycles. The monoisotopic (exact) mass is 216 g/mol. The molecule has 0 fully saturated rings. The molecule has 1 aromatic rings. The summed E-state index contributed by atoms with van der Waals surface area (Å²) in [6, 6.07) is 8.02. The standard InChI is InChI=1S/C10H16N2O.ClH/c1-2-11-9-3-5-10(6-4-9)12-7-8-13;/h3-6,11-13H,2,7-8H2,1H3;1H. The van der Waals surface area contributed by atoms with E-state index < -0.39 is 0 Å². The molecule has 0 radical (unpaired) electrons. The Hall–Kier alpha value is -0.930. The normalized spacial score (nSPS) is 9.00. The highest BCUT2D eigenvalue weighted by atomic mass is 35.5. The topological polar surface area (TPSA) is 44.3 Å². The van der Waals surface area contributed by atoms with Crippen LogP contribution in [0.15, 0.2) is 24.3 Å². The van der Waals surface area contributed by atoms with Crippen molar-refractivity contribution in [1.82, 2.24) is 0 Å². The SMILES string of the molecule is CCNc1ccc(NCCO)cc1.Cl. The summed E-state index contributed by atoms with van der Waals surface area (Å²) in [6.45, 7) is 3.76. The number of anilines is 2. The van der Waals surface area contributed by atoms with Crippen LogP contribution in [0.2, 0.25) is 0 Å². The van der Waals surface area contributed by atoms with Crippen LogP contribution in [-0.2, 0) is 0 Å². The fraction of sp³-hybridized carbons (Fsp3) is 0.400. The van der Waals surface area contributed by atoms with Gasteiger partial charge in [-0.05, 0) is 31.2 Å². The molecule has 3 N–H and O–H groups in total. The Labute approximate surface area is 90.9 Å². The highest BCUT2D eigenvalue weighted by Gasteiger charge is 1.91. The van der Waals surface area contributed by atoms with Crippen LogP contribution in [0, 0.1) is 0 Å². The van der Waals surface area contributed by atoms with E-state index in [9.17, 15) is 0 Å². The van der Waals surface area contributed by atoms with Crippen LogP contribution in [0.1, 0.15) is 6.92 Å². The van der Waals surface area contributed by atoms with Gasteiger partial charge in [0.2, 0.25) is 0 Å². The van der Waals surface area contributed by atoms with Crippen LogP contribution >= 0.6 is 12.4 Å². The van der Waals surface area contributed by atoms with Crippen LogP contribution in [-0.4, -0.2) is 24.8 Å². The van der Waals surface area contributed by atoms with E-state index in [-0.39, 0.29) is 19.0 Å². The van der Waals surface area contributed by atoms with Crippen LogP contribution in [0.25, 0.3) is 0 Å². The maximum absolute atomic E-state index is 8.59. The van der Waals surface area contributed by atoms with Gasteiger partial charge < -0.3 is 15.7 Å². The molecule has 0 saturated heterocycles. The van der Waals surface area contributed by atoms with Crippen molar-refractivity contribution in [2.45, 2.75) is 6.92 Å². The molecule has 0 heterocycles. The summed E-state index contributed by atoms with van der Waals surface area (Å²) in [7, 11) is 0. The van der Waals surface area contributed by atoms with E-state index in [0.29, 0.717) is 6.54 Å². The molecule has 3 nitrogen and oxygen atoms in total. The van der Waals surface area contributed by atoms with E-state index in [4.69, 9.17) is 5.11 Å². The Bertz CT molecular complexity index is 238. The number of benzene rings is 1. The van der Waals surface area contributed by atoms with Crippen molar-refractivity contribution in [1.29, 1.82) is 0 Å². The molecule has 0 atom stereocenters. The molecule has 0 saturated carbocycles. The molecule has 0 bridgehead atoms. The second kappa shape index (κ2) is 7.47. The second-order valence-corrected chi connectivity index (χ2v) is 2.76. The smallest absolute Gasteiger partial charge is 0.0604 e. The third-order valence-electron chi connectivity index (χ3n) is 1.71. The molecule has 0 aliphatic rings. The quantitative estimate of drug-likeness (QED) is 0.705. The minimum absolute atomic E-state index is 0. The molecule has 80 valence electrons. The zero-order valence-corrected chi connectivity index (χ0v) is 9.10. The number of hydrogen-bond donors (Lipinski definition) is 3. The summed E-state index contributed by atoms with van der Waals surface area (Å²) >= 11 is 0. The molecule has 0 unspecified atom stereocenters. The Kier molecular flexibility index (Phi) is 6.98. The minimum Gasteiger partial charge on any atom is -0.395 e. The lowest BCUT2D eigenvalue weighted by atomic mass is 10.3. The van der Waals surface area contributed by atoms with Gasteiger partial charge in [-0.2, -0.15) is 0 Å². The van der Waals surface area contributed by atoms with Crippen LogP contribution in [0.5, 0.6) is 0 Å². The third kappa shape index (κ3) is 4.35. The van der Waals surface area contributed by atoms with Gasteiger partial charge in [0.25, 0.3) is 0 Å². The molecular weight excluding hydrogens is 200 g/mol. The predicted molar refractivity (Wildman–Crippen MR) is 63.4 cm³/mol. The van der Waals surface area contributed by atoms with Crippen LogP contribution in [0.3, 0.4) is 0 Å². The molecule has 4 heteroatoms. The highest BCUT2D eigenvalue weighted by Crippen LogP contribution is 2.12.